The van der Waals surface area contributed by atoms with E-state index in [1.165, 1.54) is 6.20 Å². The van der Waals surface area contributed by atoms with Crippen LogP contribution in [0.2, 0.25) is 0 Å². The zero-order valence-electron chi connectivity index (χ0n) is 8.94. The average molecular weight is 204 g/mol. The van der Waals surface area contributed by atoms with Crippen molar-refractivity contribution in [3.05, 3.63) is 23.7 Å². The van der Waals surface area contributed by atoms with Crippen molar-refractivity contribution in [2.75, 3.05) is 0 Å². The number of furan rings is 1. The van der Waals surface area contributed by atoms with Crippen molar-refractivity contribution in [2.45, 2.75) is 26.2 Å². The summed E-state index contributed by atoms with van der Waals surface area (Å²) in [5.74, 6) is 0.820. The van der Waals surface area contributed by atoms with Gasteiger partial charge < -0.3 is 4.42 Å². The Morgan fingerprint density at radius 2 is 2.13 bits per heavy atom. The van der Waals surface area contributed by atoms with Crippen LogP contribution in [0, 0.1) is 0 Å². The Labute approximate surface area is 87.3 Å². The molecule has 0 spiro atoms. The van der Waals surface area contributed by atoms with Gasteiger partial charge in [0.2, 0.25) is 5.71 Å². The standard InChI is InChI=1S/C11H12N2O2/c1-11(2,3)9-4-8-10(15-9)12-5-7(6-14)13-8/h4-6H,1-3H3. The molecule has 0 aliphatic heterocycles. The molecule has 0 saturated heterocycles. The van der Waals surface area contributed by atoms with Gasteiger partial charge in [-0.3, -0.25) is 4.79 Å². The molecule has 2 heterocycles. The largest absolute Gasteiger partial charge is 0.441 e. The van der Waals surface area contributed by atoms with Crippen LogP contribution in [0.3, 0.4) is 0 Å². The van der Waals surface area contributed by atoms with Gasteiger partial charge >= 0.3 is 0 Å². The van der Waals surface area contributed by atoms with Crippen LogP contribution in [0.5, 0.6) is 0 Å². The first-order chi connectivity index (χ1) is 7.00. The lowest BCUT2D eigenvalue weighted by molar-refractivity contribution is 0.111. The molecule has 0 aliphatic carbocycles. The molecule has 0 amide bonds. The molecule has 2 aromatic heterocycles. The molecule has 0 aromatic carbocycles. The van der Waals surface area contributed by atoms with Gasteiger partial charge in [0.1, 0.15) is 17.0 Å². The van der Waals surface area contributed by atoms with Crippen LogP contribution in [0.15, 0.2) is 16.7 Å². The lowest BCUT2D eigenvalue weighted by Gasteiger charge is -2.13. The van der Waals surface area contributed by atoms with E-state index in [4.69, 9.17) is 4.42 Å². The fraction of sp³-hybridized carbons (Fsp3) is 0.364. The predicted octanol–water partition coefficient (Wildman–Crippen LogP) is 2.33. The topological polar surface area (TPSA) is 56.0 Å². The van der Waals surface area contributed by atoms with Crippen molar-refractivity contribution in [1.82, 2.24) is 9.97 Å². The van der Waals surface area contributed by atoms with Gasteiger partial charge in [-0.05, 0) is 0 Å². The molecule has 0 fully saturated rings. The minimum Gasteiger partial charge on any atom is -0.441 e. The first-order valence-electron chi connectivity index (χ1n) is 4.73. The van der Waals surface area contributed by atoms with Gasteiger partial charge in [-0.15, -0.1) is 0 Å². The molecular formula is C11H12N2O2. The Morgan fingerprint density at radius 1 is 1.40 bits per heavy atom. The molecule has 0 atom stereocenters. The van der Waals surface area contributed by atoms with Crippen molar-refractivity contribution < 1.29 is 9.21 Å². The van der Waals surface area contributed by atoms with Gasteiger partial charge in [0.25, 0.3) is 0 Å². The highest BCUT2D eigenvalue weighted by atomic mass is 16.3. The molecular weight excluding hydrogens is 192 g/mol. The monoisotopic (exact) mass is 204 g/mol. The van der Waals surface area contributed by atoms with E-state index >= 15 is 0 Å². The van der Waals surface area contributed by atoms with E-state index in [-0.39, 0.29) is 5.41 Å². The van der Waals surface area contributed by atoms with Crippen LogP contribution in [-0.4, -0.2) is 16.3 Å². The van der Waals surface area contributed by atoms with E-state index in [0.717, 1.165) is 5.76 Å². The highest BCUT2D eigenvalue weighted by molar-refractivity contribution is 5.77. The van der Waals surface area contributed by atoms with E-state index in [0.29, 0.717) is 23.2 Å². The number of aromatic nitrogens is 2. The Bertz CT molecular complexity index is 509. The molecule has 0 saturated carbocycles. The summed E-state index contributed by atoms with van der Waals surface area (Å²) in [6.45, 7) is 6.14. The maximum Gasteiger partial charge on any atom is 0.245 e. The fourth-order valence-corrected chi connectivity index (χ4v) is 1.26. The van der Waals surface area contributed by atoms with Crippen LogP contribution < -0.4 is 0 Å². The molecule has 0 radical (unpaired) electrons. The van der Waals surface area contributed by atoms with Crippen LogP contribution >= 0.6 is 0 Å². The van der Waals surface area contributed by atoms with Crippen molar-refractivity contribution in [3.63, 3.8) is 0 Å². The zero-order chi connectivity index (χ0) is 11.1. The molecule has 0 aliphatic rings. The third-order valence-corrected chi connectivity index (χ3v) is 2.12. The first-order valence-corrected chi connectivity index (χ1v) is 4.73. The van der Waals surface area contributed by atoms with Gasteiger partial charge in [-0.2, -0.15) is 0 Å². The van der Waals surface area contributed by atoms with E-state index in [9.17, 15) is 4.79 Å². The fourth-order valence-electron chi connectivity index (χ4n) is 1.26. The number of rotatable bonds is 1. The third kappa shape index (κ3) is 1.75. The molecule has 4 heteroatoms. The first kappa shape index (κ1) is 9.83. The smallest absolute Gasteiger partial charge is 0.245 e. The van der Waals surface area contributed by atoms with Gasteiger partial charge in [0.05, 0.1) is 6.20 Å². The predicted molar refractivity (Wildman–Crippen MR) is 55.9 cm³/mol. The number of carbonyl (C=O) groups excluding carboxylic acids is 1. The summed E-state index contributed by atoms with van der Waals surface area (Å²) < 4.78 is 5.54. The third-order valence-electron chi connectivity index (χ3n) is 2.12. The SMILES string of the molecule is CC(C)(C)c1cc2nc(C=O)cnc2o1. The number of aldehydes is 1. The van der Waals surface area contributed by atoms with E-state index in [1.807, 2.05) is 26.8 Å². The number of carbonyl (C=O) groups is 1. The van der Waals surface area contributed by atoms with E-state index < -0.39 is 0 Å². The summed E-state index contributed by atoms with van der Waals surface area (Å²) in [4.78, 5) is 18.7. The molecule has 0 unspecified atom stereocenters. The summed E-state index contributed by atoms with van der Waals surface area (Å²) in [6.07, 6.45) is 2.08. The summed E-state index contributed by atoms with van der Waals surface area (Å²) >= 11 is 0. The number of hydrogen-bond donors (Lipinski definition) is 0. The number of nitrogens with zero attached hydrogens (tertiary/aromatic N) is 2. The second-order valence-electron chi connectivity index (χ2n) is 4.46. The second-order valence-corrected chi connectivity index (χ2v) is 4.46. The lowest BCUT2D eigenvalue weighted by atomic mass is 9.93. The summed E-state index contributed by atoms with van der Waals surface area (Å²) in [5.41, 5.74) is 1.35. The molecule has 78 valence electrons. The Morgan fingerprint density at radius 3 is 2.73 bits per heavy atom. The molecule has 0 bridgehead atoms. The second kappa shape index (κ2) is 3.15. The Kier molecular flexibility index (Phi) is 2.07. The van der Waals surface area contributed by atoms with E-state index in [1.54, 1.807) is 0 Å². The summed E-state index contributed by atoms with van der Waals surface area (Å²) in [7, 11) is 0. The minimum absolute atomic E-state index is 0.0796. The lowest BCUT2D eigenvalue weighted by Crippen LogP contribution is -2.08. The van der Waals surface area contributed by atoms with Gasteiger partial charge in [0.15, 0.2) is 6.29 Å². The van der Waals surface area contributed by atoms with Crippen LogP contribution in [0.4, 0.5) is 0 Å². The summed E-state index contributed by atoms with van der Waals surface area (Å²) in [5, 5.41) is 0. The molecule has 2 aromatic rings. The van der Waals surface area contributed by atoms with Crippen LogP contribution in [-0.2, 0) is 5.41 Å². The van der Waals surface area contributed by atoms with Gasteiger partial charge in [-0.1, -0.05) is 20.8 Å². The highest BCUT2D eigenvalue weighted by Crippen LogP contribution is 2.26. The van der Waals surface area contributed by atoms with Crippen LogP contribution in [0.25, 0.3) is 11.2 Å². The van der Waals surface area contributed by atoms with Crippen molar-refractivity contribution in [2.24, 2.45) is 0 Å². The molecule has 2 rings (SSSR count). The molecule has 15 heavy (non-hydrogen) atoms. The quantitative estimate of drug-likeness (QED) is 0.669. The van der Waals surface area contributed by atoms with Gasteiger partial charge in [0, 0.05) is 11.5 Å². The molecule has 0 N–H and O–H groups in total. The highest BCUT2D eigenvalue weighted by Gasteiger charge is 2.19. The van der Waals surface area contributed by atoms with Crippen molar-refractivity contribution >= 4 is 17.5 Å². The Balaban J connectivity index is 2.61. The normalized spacial score (nSPS) is 11.9. The number of hydrogen-bond acceptors (Lipinski definition) is 4. The van der Waals surface area contributed by atoms with Gasteiger partial charge in [-0.25, -0.2) is 9.97 Å². The average Bonchev–Trinajstić information content (AvgIpc) is 2.59. The Hall–Kier alpha value is -1.71. The molecule has 4 nitrogen and oxygen atoms in total. The summed E-state index contributed by atoms with van der Waals surface area (Å²) in [6, 6.07) is 1.83. The van der Waals surface area contributed by atoms with Crippen molar-refractivity contribution in [3.8, 4) is 0 Å². The number of fused-ring (bicyclic) bond motifs is 1. The maximum atomic E-state index is 10.5. The minimum atomic E-state index is -0.0796. The van der Waals surface area contributed by atoms with Crippen molar-refractivity contribution in [1.29, 1.82) is 0 Å². The van der Waals surface area contributed by atoms with E-state index in [2.05, 4.69) is 9.97 Å². The zero-order valence-corrected chi connectivity index (χ0v) is 8.94. The van der Waals surface area contributed by atoms with Crippen LogP contribution in [0.1, 0.15) is 37.0 Å². The maximum absolute atomic E-state index is 10.5.